The maximum atomic E-state index is 12.2. The third kappa shape index (κ3) is 4.73. The van der Waals surface area contributed by atoms with Crippen LogP contribution in [0.15, 0.2) is 48.5 Å². The van der Waals surface area contributed by atoms with Crippen molar-refractivity contribution in [3.8, 4) is 5.75 Å². The molecular formula is C18H19ClN2O3. The monoisotopic (exact) mass is 346 g/mol. The predicted octanol–water partition coefficient (Wildman–Crippen LogP) is 3.50. The van der Waals surface area contributed by atoms with E-state index in [0.29, 0.717) is 28.6 Å². The van der Waals surface area contributed by atoms with E-state index in [4.69, 9.17) is 16.3 Å². The minimum Gasteiger partial charge on any atom is -0.479 e. The van der Waals surface area contributed by atoms with Crippen molar-refractivity contribution in [1.29, 1.82) is 0 Å². The molecule has 2 aromatic carbocycles. The average Bonchev–Trinajstić information content (AvgIpc) is 2.57. The van der Waals surface area contributed by atoms with Gasteiger partial charge in [-0.15, -0.1) is 0 Å². The number of benzene rings is 2. The van der Waals surface area contributed by atoms with Gasteiger partial charge in [0.15, 0.2) is 6.10 Å². The molecule has 6 heteroatoms. The maximum absolute atomic E-state index is 12.2. The summed E-state index contributed by atoms with van der Waals surface area (Å²) in [6, 6.07) is 13.6. The zero-order valence-corrected chi connectivity index (χ0v) is 14.3. The molecular weight excluding hydrogens is 328 g/mol. The molecule has 0 spiro atoms. The number of ether oxygens (including phenoxy) is 1. The average molecular weight is 347 g/mol. The van der Waals surface area contributed by atoms with Crippen LogP contribution in [0.3, 0.4) is 0 Å². The zero-order valence-electron chi connectivity index (χ0n) is 13.5. The summed E-state index contributed by atoms with van der Waals surface area (Å²) in [4.78, 5) is 23.9. The van der Waals surface area contributed by atoms with Crippen LogP contribution >= 0.6 is 11.6 Å². The molecule has 2 N–H and O–H groups in total. The van der Waals surface area contributed by atoms with Crippen LogP contribution in [0.1, 0.15) is 24.2 Å². The summed E-state index contributed by atoms with van der Waals surface area (Å²) < 4.78 is 5.56. The molecule has 0 aromatic heterocycles. The smallest absolute Gasteiger partial charge is 0.265 e. The summed E-state index contributed by atoms with van der Waals surface area (Å²) in [5, 5.41) is 5.90. The lowest BCUT2D eigenvalue weighted by Crippen LogP contribution is -2.30. The molecule has 126 valence electrons. The van der Waals surface area contributed by atoms with Crippen molar-refractivity contribution in [3.05, 3.63) is 59.1 Å². The fraction of sp³-hybridized carbons (Fsp3) is 0.222. The Kier molecular flexibility index (Phi) is 6.21. The Bertz CT molecular complexity index is 716. The van der Waals surface area contributed by atoms with Crippen molar-refractivity contribution < 1.29 is 14.3 Å². The Balaban J connectivity index is 1.96. The SMILES string of the molecule is CCNC(=O)c1ccc(NC(=O)C(C)Oc2ccccc2Cl)cc1. The zero-order chi connectivity index (χ0) is 17.5. The number of halogens is 1. The summed E-state index contributed by atoms with van der Waals surface area (Å²) in [6.07, 6.45) is -0.715. The first-order valence-corrected chi connectivity index (χ1v) is 7.99. The number of para-hydroxylation sites is 1. The molecule has 2 amide bonds. The van der Waals surface area contributed by atoms with E-state index in [2.05, 4.69) is 10.6 Å². The second-order valence-electron chi connectivity index (χ2n) is 5.12. The number of nitrogens with one attached hydrogen (secondary N) is 2. The number of rotatable bonds is 6. The number of carbonyl (C=O) groups is 2. The van der Waals surface area contributed by atoms with Crippen LogP contribution in [-0.2, 0) is 4.79 Å². The Hall–Kier alpha value is -2.53. The Morgan fingerprint density at radius 2 is 1.79 bits per heavy atom. The first-order valence-electron chi connectivity index (χ1n) is 7.61. The Labute approximate surface area is 146 Å². The standard InChI is InChI=1S/C18H19ClN2O3/c1-3-20-18(23)13-8-10-14(11-9-13)21-17(22)12(2)24-16-7-5-4-6-15(16)19/h4-12H,3H2,1-2H3,(H,20,23)(H,21,22). The topological polar surface area (TPSA) is 67.4 Å². The van der Waals surface area contributed by atoms with Crippen molar-refractivity contribution in [1.82, 2.24) is 5.32 Å². The molecule has 5 nitrogen and oxygen atoms in total. The van der Waals surface area contributed by atoms with Crippen molar-refractivity contribution in [2.45, 2.75) is 20.0 Å². The van der Waals surface area contributed by atoms with Gasteiger partial charge in [-0.25, -0.2) is 0 Å². The lowest BCUT2D eigenvalue weighted by atomic mass is 10.2. The molecule has 2 rings (SSSR count). The van der Waals surface area contributed by atoms with E-state index in [1.54, 1.807) is 55.5 Å². The number of hydrogen-bond donors (Lipinski definition) is 2. The minimum absolute atomic E-state index is 0.147. The molecule has 0 heterocycles. The minimum atomic E-state index is -0.715. The van der Waals surface area contributed by atoms with Crippen LogP contribution in [0.25, 0.3) is 0 Å². The van der Waals surface area contributed by atoms with Crippen LogP contribution in [0.4, 0.5) is 5.69 Å². The molecule has 0 fully saturated rings. The van der Waals surface area contributed by atoms with Gasteiger partial charge in [-0.05, 0) is 50.2 Å². The highest BCUT2D eigenvalue weighted by Crippen LogP contribution is 2.24. The van der Waals surface area contributed by atoms with Crippen LogP contribution in [-0.4, -0.2) is 24.5 Å². The summed E-state index contributed by atoms with van der Waals surface area (Å²) in [5.74, 6) is -0.000113. The molecule has 1 atom stereocenters. The first-order chi connectivity index (χ1) is 11.5. The van der Waals surface area contributed by atoms with Crippen molar-refractivity contribution in [2.75, 3.05) is 11.9 Å². The quantitative estimate of drug-likeness (QED) is 0.841. The second kappa shape index (κ2) is 8.36. The fourth-order valence-corrected chi connectivity index (χ4v) is 2.18. The van der Waals surface area contributed by atoms with Gasteiger partial charge in [-0.1, -0.05) is 23.7 Å². The fourth-order valence-electron chi connectivity index (χ4n) is 2.00. The predicted molar refractivity (Wildman–Crippen MR) is 94.6 cm³/mol. The number of hydrogen-bond acceptors (Lipinski definition) is 3. The second-order valence-corrected chi connectivity index (χ2v) is 5.52. The van der Waals surface area contributed by atoms with Crippen LogP contribution in [0.5, 0.6) is 5.75 Å². The third-order valence-corrected chi connectivity index (χ3v) is 3.57. The molecule has 0 saturated heterocycles. The van der Waals surface area contributed by atoms with E-state index in [0.717, 1.165) is 0 Å². The van der Waals surface area contributed by atoms with Crippen LogP contribution < -0.4 is 15.4 Å². The molecule has 0 radical (unpaired) electrons. The highest BCUT2D eigenvalue weighted by atomic mass is 35.5. The molecule has 0 bridgehead atoms. The van der Waals surface area contributed by atoms with Gasteiger partial charge < -0.3 is 15.4 Å². The van der Waals surface area contributed by atoms with Crippen LogP contribution in [0, 0.1) is 0 Å². The summed E-state index contributed by atoms with van der Waals surface area (Å²) in [6.45, 7) is 4.06. The highest BCUT2D eigenvalue weighted by molar-refractivity contribution is 6.32. The van der Waals surface area contributed by atoms with Gasteiger partial charge in [0.05, 0.1) is 5.02 Å². The van der Waals surface area contributed by atoms with Crippen molar-refractivity contribution in [3.63, 3.8) is 0 Å². The van der Waals surface area contributed by atoms with E-state index in [1.807, 2.05) is 6.92 Å². The molecule has 0 saturated carbocycles. The van der Waals surface area contributed by atoms with Gasteiger partial charge in [0.2, 0.25) is 0 Å². The van der Waals surface area contributed by atoms with Gasteiger partial charge in [0.25, 0.3) is 11.8 Å². The van der Waals surface area contributed by atoms with E-state index in [9.17, 15) is 9.59 Å². The van der Waals surface area contributed by atoms with Gasteiger partial charge in [0, 0.05) is 17.8 Å². The van der Waals surface area contributed by atoms with Gasteiger partial charge in [-0.2, -0.15) is 0 Å². The lowest BCUT2D eigenvalue weighted by Gasteiger charge is -2.15. The maximum Gasteiger partial charge on any atom is 0.265 e. The molecule has 0 aliphatic rings. The Morgan fingerprint density at radius 1 is 1.12 bits per heavy atom. The van der Waals surface area contributed by atoms with E-state index in [-0.39, 0.29) is 11.8 Å². The van der Waals surface area contributed by atoms with Gasteiger partial charge in [0.1, 0.15) is 5.75 Å². The molecule has 0 aliphatic heterocycles. The normalized spacial score (nSPS) is 11.5. The Morgan fingerprint density at radius 3 is 2.42 bits per heavy atom. The molecule has 2 aromatic rings. The van der Waals surface area contributed by atoms with Crippen molar-refractivity contribution in [2.24, 2.45) is 0 Å². The number of anilines is 1. The molecule has 0 aliphatic carbocycles. The van der Waals surface area contributed by atoms with E-state index >= 15 is 0 Å². The lowest BCUT2D eigenvalue weighted by molar-refractivity contribution is -0.122. The summed E-state index contributed by atoms with van der Waals surface area (Å²) in [7, 11) is 0. The summed E-state index contributed by atoms with van der Waals surface area (Å²) in [5.41, 5.74) is 1.12. The summed E-state index contributed by atoms with van der Waals surface area (Å²) >= 11 is 6.01. The highest BCUT2D eigenvalue weighted by Gasteiger charge is 2.16. The molecule has 24 heavy (non-hydrogen) atoms. The van der Waals surface area contributed by atoms with E-state index < -0.39 is 6.10 Å². The first kappa shape index (κ1) is 17.8. The number of carbonyl (C=O) groups excluding carboxylic acids is 2. The van der Waals surface area contributed by atoms with Crippen LogP contribution in [0.2, 0.25) is 5.02 Å². The van der Waals surface area contributed by atoms with Crippen molar-refractivity contribution >= 4 is 29.1 Å². The molecule has 1 unspecified atom stereocenters. The largest absolute Gasteiger partial charge is 0.479 e. The van der Waals surface area contributed by atoms with Gasteiger partial charge in [-0.3, -0.25) is 9.59 Å². The number of amides is 2. The van der Waals surface area contributed by atoms with Gasteiger partial charge >= 0.3 is 0 Å². The third-order valence-electron chi connectivity index (χ3n) is 3.26. The van der Waals surface area contributed by atoms with E-state index in [1.165, 1.54) is 0 Å².